The van der Waals surface area contributed by atoms with Crippen molar-refractivity contribution < 1.29 is 9.90 Å². The van der Waals surface area contributed by atoms with Crippen LogP contribution in [0.4, 0.5) is 4.79 Å². The zero-order valence-electron chi connectivity index (χ0n) is 14.7. The predicted molar refractivity (Wildman–Crippen MR) is 93.1 cm³/mol. The fraction of sp³-hybridized carbons (Fsp3) is 0.632. The number of piperidine rings is 1. The molecule has 1 aliphatic rings. The van der Waals surface area contributed by atoms with Crippen molar-refractivity contribution in [3.05, 3.63) is 35.9 Å². The molecule has 1 aliphatic heterocycles. The number of urea groups is 1. The highest BCUT2D eigenvalue weighted by Gasteiger charge is 2.30. The molecule has 0 spiro atoms. The van der Waals surface area contributed by atoms with Gasteiger partial charge in [-0.15, -0.1) is 0 Å². The molecular weight excluding hydrogens is 288 g/mol. The van der Waals surface area contributed by atoms with Crippen LogP contribution in [-0.4, -0.2) is 35.2 Å². The lowest BCUT2D eigenvalue weighted by atomic mass is 9.87. The minimum Gasteiger partial charge on any atom is -0.388 e. The van der Waals surface area contributed by atoms with Crippen LogP contribution >= 0.6 is 0 Å². The smallest absolute Gasteiger partial charge is 0.317 e. The highest BCUT2D eigenvalue weighted by molar-refractivity contribution is 5.74. The van der Waals surface area contributed by atoms with Crippen LogP contribution in [0.2, 0.25) is 0 Å². The number of aliphatic hydroxyl groups excluding tert-OH is 1. The van der Waals surface area contributed by atoms with E-state index in [0.29, 0.717) is 13.1 Å². The van der Waals surface area contributed by atoms with Gasteiger partial charge in [0.1, 0.15) is 0 Å². The molecule has 4 nitrogen and oxygen atoms in total. The maximum Gasteiger partial charge on any atom is 0.317 e. The van der Waals surface area contributed by atoms with Crippen molar-refractivity contribution in [3.63, 3.8) is 0 Å². The standard InChI is InChI=1S/C19H30N2O2/c1-14(19(2,3)4)20-18(23)21-12-10-16(11-13-21)17(22)15-8-6-5-7-9-15/h5-9,14,16-17,22H,10-13H2,1-4H3,(H,20,23). The molecule has 1 heterocycles. The Balaban J connectivity index is 1.85. The summed E-state index contributed by atoms with van der Waals surface area (Å²) in [4.78, 5) is 14.2. The number of benzene rings is 1. The van der Waals surface area contributed by atoms with Gasteiger partial charge >= 0.3 is 6.03 Å². The third kappa shape index (κ3) is 4.71. The van der Waals surface area contributed by atoms with E-state index >= 15 is 0 Å². The largest absolute Gasteiger partial charge is 0.388 e. The molecule has 1 saturated heterocycles. The van der Waals surface area contributed by atoms with E-state index < -0.39 is 6.10 Å². The number of likely N-dealkylation sites (tertiary alicyclic amines) is 1. The molecule has 0 saturated carbocycles. The lowest BCUT2D eigenvalue weighted by molar-refractivity contribution is 0.0655. The third-order valence-electron chi connectivity index (χ3n) is 5.05. The molecule has 4 heteroatoms. The van der Waals surface area contributed by atoms with Crippen LogP contribution in [0.3, 0.4) is 0 Å². The fourth-order valence-electron chi connectivity index (χ4n) is 2.83. The first-order valence-corrected chi connectivity index (χ1v) is 8.57. The number of rotatable bonds is 3. The van der Waals surface area contributed by atoms with Crippen molar-refractivity contribution in [2.24, 2.45) is 11.3 Å². The van der Waals surface area contributed by atoms with Gasteiger partial charge in [-0.05, 0) is 36.7 Å². The van der Waals surface area contributed by atoms with Gasteiger partial charge in [-0.3, -0.25) is 0 Å². The summed E-state index contributed by atoms with van der Waals surface area (Å²) in [6.07, 6.45) is 1.25. The zero-order valence-corrected chi connectivity index (χ0v) is 14.7. The Kier molecular flexibility index (Phi) is 5.69. The van der Waals surface area contributed by atoms with Crippen molar-refractivity contribution in [3.8, 4) is 0 Å². The first-order valence-electron chi connectivity index (χ1n) is 8.57. The van der Waals surface area contributed by atoms with Gasteiger partial charge in [0, 0.05) is 19.1 Å². The van der Waals surface area contributed by atoms with E-state index in [2.05, 4.69) is 26.1 Å². The second-order valence-corrected chi connectivity index (χ2v) is 7.72. The molecule has 2 atom stereocenters. The summed E-state index contributed by atoms with van der Waals surface area (Å²) in [5.74, 6) is 0.224. The summed E-state index contributed by atoms with van der Waals surface area (Å²) in [7, 11) is 0. The van der Waals surface area contributed by atoms with Crippen molar-refractivity contribution in [1.29, 1.82) is 0 Å². The van der Waals surface area contributed by atoms with Crippen LogP contribution < -0.4 is 5.32 Å². The van der Waals surface area contributed by atoms with Gasteiger partial charge in [-0.2, -0.15) is 0 Å². The zero-order chi connectivity index (χ0) is 17.0. The average molecular weight is 318 g/mol. The molecular formula is C19H30N2O2. The molecule has 0 radical (unpaired) electrons. The van der Waals surface area contributed by atoms with Crippen LogP contribution in [0.5, 0.6) is 0 Å². The predicted octanol–water partition coefficient (Wildman–Crippen LogP) is 3.58. The number of carbonyl (C=O) groups is 1. The maximum absolute atomic E-state index is 12.4. The molecule has 2 N–H and O–H groups in total. The summed E-state index contributed by atoms with van der Waals surface area (Å²) in [6, 6.07) is 9.94. The first kappa shape index (κ1) is 17.8. The Morgan fingerprint density at radius 2 is 1.78 bits per heavy atom. The normalized spacial score (nSPS) is 19.3. The second-order valence-electron chi connectivity index (χ2n) is 7.72. The van der Waals surface area contributed by atoms with Gasteiger partial charge in [0.05, 0.1) is 6.10 Å². The second kappa shape index (κ2) is 7.35. The van der Waals surface area contributed by atoms with Gasteiger partial charge in [-0.25, -0.2) is 4.79 Å². The van der Waals surface area contributed by atoms with E-state index in [1.807, 2.05) is 42.2 Å². The summed E-state index contributed by atoms with van der Waals surface area (Å²) in [5, 5.41) is 13.6. The Hall–Kier alpha value is -1.55. The summed E-state index contributed by atoms with van der Waals surface area (Å²) in [6.45, 7) is 9.83. The minimum absolute atomic E-state index is 0.0140. The summed E-state index contributed by atoms with van der Waals surface area (Å²) >= 11 is 0. The van der Waals surface area contributed by atoms with E-state index in [1.165, 1.54) is 0 Å². The van der Waals surface area contributed by atoms with Gasteiger partial charge < -0.3 is 15.3 Å². The Morgan fingerprint density at radius 3 is 2.30 bits per heavy atom. The van der Waals surface area contributed by atoms with Crippen LogP contribution in [0.15, 0.2) is 30.3 Å². The van der Waals surface area contributed by atoms with Gasteiger partial charge in [-0.1, -0.05) is 51.1 Å². The molecule has 0 bridgehead atoms. The molecule has 0 aromatic heterocycles. The third-order valence-corrected chi connectivity index (χ3v) is 5.05. The lowest BCUT2D eigenvalue weighted by Crippen LogP contribution is -2.50. The number of carbonyl (C=O) groups excluding carboxylic acids is 1. The number of hydrogen-bond acceptors (Lipinski definition) is 2. The molecule has 1 aromatic rings. The number of nitrogens with zero attached hydrogens (tertiary/aromatic N) is 1. The Labute approximate surface area is 139 Å². The van der Waals surface area contributed by atoms with E-state index in [9.17, 15) is 9.90 Å². The molecule has 2 unspecified atom stereocenters. The minimum atomic E-state index is -0.435. The van der Waals surface area contributed by atoms with Crippen molar-refractivity contribution in [2.75, 3.05) is 13.1 Å². The number of hydrogen-bond donors (Lipinski definition) is 2. The molecule has 2 amide bonds. The van der Waals surface area contributed by atoms with Gasteiger partial charge in [0.25, 0.3) is 0 Å². The summed E-state index contributed by atoms with van der Waals surface area (Å²) < 4.78 is 0. The maximum atomic E-state index is 12.4. The van der Waals surface area contributed by atoms with E-state index in [-0.39, 0.29) is 23.4 Å². The SMILES string of the molecule is CC(NC(=O)N1CCC(C(O)c2ccccc2)CC1)C(C)(C)C. The molecule has 1 fully saturated rings. The first-order chi connectivity index (χ1) is 10.8. The van der Waals surface area contributed by atoms with Gasteiger partial charge in [0.2, 0.25) is 0 Å². The van der Waals surface area contributed by atoms with Gasteiger partial charge in [0.15, 0.2) is 0 Å². The lowest BCUT2D eigenvalue weighted by Gasteiger charge is -2.36. The van der Waals surface area contributed by atoms with Crippen LogP contribution in [0.25, 0.3) is 0 Å². The van der Waals surface area contributed by atoms with Crippen LogP contribution in [0.1, 0.15) is 52.2 Å². The Morgan fingerprint density at radius 1 is 1.22 bits per heavy atom. The topological polar surface area (TPSA) is 52.6 Å². The average Bonchev–Trinajstić information content (AvgIpc) is 2.54. The molecule has 2 rings (SSSR count). The monoisotopic (exact) mass is 318 g/mol. The Bertz CT molecular complexity index is 502. The molecule has 1 aromatic carbocycles. The number of amides is 2. The highest BCUT2D eigenvalue weighted by Crippen LogP contribution is 2.30. The number of nitrogens with one attached hydrogen (secondary N) is 1. The fourth-order valence-corrected chi connectivity index (χ4v) is 2.83. The van der Waals surface area contributed by atoms with Crippen molar-refractivity contribution in [2.45, 2.75) is 52.7 Å². The number of aliphatic hydroxyl groups is 1. The quantitative estimate of drug-likeness (QED) is 0.895. The van der Waals surface area contributed by atoms with E-state index in [1.54, 1.807) is 0 Å². The molecule has 128 valence electrons. The summed E-state index contributed by atoms with van der Waals surface area (Å²) in [5.41, 5.74) is 1.02. The van der Waals surface area contributed by atoms with Crippen LogP contribution in [-0.2, 0) is 0 Å². The van der Waals surface area contributed by atoms with E-state index in [4.69, 9.17) is 0 Å². The van der Waals surface area contributed by atoms with E-state index in [0.717, 1.165) is 18.4 Å². The van der Waals surface area contributed by atoms with Crippen LogP contribution in [0, 0.1) is 11.3 Å². The van der Waals surface area contributed by atoms with Crippen molar-refractivity contribution in [1.82, 2.24) is 10.2 Å². The van der Waals surface area contributed by atoms with Crippen molar-refractivity contribution >= 4 is 6.03 Å². The highest BCUT2D eigenvalue weighted by atomic mass is 16.3. The molecule has 0 aliphatic carbocycles. The molecule has 23 heavy (non-hydrogen) atoms.